The van der Waals surface area contributed by atoms with E-state index in [4.69, 9.17) is 0 Å². The zero-order chi connectivity index (χ0) is 14.2. The molecule has 1 aromatic carbocycles. The Bertz CT molecular complexity index is 712. The highest BCUT2D eigenvalue weighted by molar-refractivity contribution is 7.91. The van der Waals surface area contributed by atoms with Crippen LogP contribution in [-0.4, -0.2) is 36.4 Å². The van der Waals surface area contributed by atoms with Crippen molar-refractivity contribution in [3.8, 4) is 5.75 Å². The fourth-order valence-electron chi connectivity index (χ4n) is 2.18. The molecule has 1 aromatic heterocycles. The summed E-state index contributed by atoms with van der Waals surface area (Å²) in [5.41, 5.74) is 1.14. The molecule has 1 fully saturated rings. The van der Waals surface area contributed by atoms with Crippen molar-refractivity contribution in [3.05, 3.63) is 42.2 Å². The second-order valence-electron chi connectivity index (χ2n) is 4.50. The number of benzene rings is 1. The highest BCUT2D eigenvalue weighted by Gasteiger charge is 2.29. The maximum absolute atomic E-state index is 11.7. The lowest BCUT2D eigenvalue weighted by Crippen LogP contribution is -2.29. The lowest BCUT2D eigenvalue weighted by Gasteiger charge is -2.17. The zero-order valence-corrected chi connectivity index (χ0v) is 11.4. The largest absolute Gasteiger partial charge is 0.506 e. The molecule has 0 unspecified atom stereocenters. The summed E-state index contributed by atoms with van der Waals surface area (Å²) in [6.07, 6.45) is 3.50. The van der Waals surface area contributed by atoms with Crippen molar-refractivity contribution < 1.29 is 13.5 Å². The van der Waals surface area contributed by atoms with Crippen LogP contribution in [0, 0.1) is 0 Å². The van der Waals surface area contributed by atoms with Crippen LogP contribution in [0.2, 0.25) is 0 Å². The van der Waals surface area contributed by atoms with E-state index in [1.165, 1.54) is 4.31 Å². The minimum Gasteiger partial charge on any atom is -0.506 e. The van der Waals surface area contributed by atoms with Gasteiger partial charge >= 0.3 is 10.2 Å². The molecule has 0 amide bonds. The first-order valence-corrected chi connectivity index (χ1v) is 7.57. The Balaban J connectivity index is 1.88. The third kappa shape index (κ3) is 2.35. The van der Waals surface area contributed by atoms with Gasteiger partial charge in [-0.1, -0.05) is 6.07 Å². The summed E-state index contributed by atoms with van der Waals surface area (Å²) < 4.78 is 28.8. The van der Waals surface area contributed by atoms with Gasteiger partial charge in [-0.15, -0.1) is 0 Å². The minimum absolute atomic E-state index is 0.0538. The van der Waals surface area contributed by atoms with Crippen LogP contribution in [0.15, 0.2) is 36.7 Å². The molecule has 1 aliphatic heterocycles. The van der Waals surface area contributed by atoms with Crippen molar-refractivity contribution in [1.82, 2.24) is 14.5 Å². The summed E-state index contributed by atoms with van der Waals surface area (Å²) in [7, 11) is -3.52. The fourth-order valence-corrected chi connectivity index (χ4v) is 3.43. The van der Waals surface area contributed by atoms with Gasteiger partial charge < -0.3 is 5.11 Å². The van der Waals surface area contributed by atoms with Crippen molar-refractivity contribution >= 4 is 15.9 Å². The SMILES string of the molecule is O=S1(=O)NCCN1c1ccc(Cn2cccn2)cc1O. The summed E-state index contributed by atoms with van der Waals surface area (Å²) in [6, 6.07) is 6.77. The first-order chi connectivity index (χ1) is 9.56. The molecule has 2 aromatic rings. The summed E-state index contributed by atoms with van der Waals surface area (Å²) in [5.74, 6) is -0.0538. The van der Waals surface area contributed by atoms with Crippen molar-refractivity contribution in [2.45, 2.75) is 6.54 Å². The van der Waals surface area contributed by atoms with Crippen LogP contribution in [0.3, 0.4) is 0 Å². The summed E-state index contributed by atoms with van der Waals surface area (Å²) in [6.45, 7) is 1.18. The highest BCUT2D eigenvalue weighted by Crippen LogP contribution is 2.31. The first-order valence-electron chi connectivity index (χ1n) is 6.13. The van der Waals surface area contributed by atoms with Crippen molar-refractivity contribution in [3.63, 3.8) is 0 Å². The number of aromatic hydroxyl groups is 1. The van der Waals surface area contributed by atoms with Crippen LogP contribution < -0.4 is 9.03 Å². The third-order valence-corrected chi connectivity index (χ3v) is 4.63. The summed E-state index contributed by atoms with van der Waals surface area (Å²) in [4.78, 5) is 0. The van der Waals surface area contributed by atoms with Crippen LogP contribution in [0.4, 0.5) is 5.69 Å². The predicted molar refractivity (Wildman–Crippen MR) is 73.7 cm³/mol. The highest BCUT2D eigenvalue weighted by atomic mass is 32.2. The molecule has 1 aliphatic rings. The van der Waals surface area contributed by atoms with Crippen molar-refractivity contribution in [2.24, 2.45) is 0 Å². The van der Waals surface area contributed by atoms with Gasteiger partial charge in [-0.05, 0) is 23.8 Å². The molecular weight excluding hydrogens is 280 g/mol. The first kappa shape index (κ1) is 12.9. The quantitative estimate of drug-likeness (QED) is 0.852. The van der Waals surface area contributed by atoms with Crippen LogP contribution >= 0.6 is 0 Å². The molecule has 0 spiro atoms. The predicted octanol–water partition coefficient (Wildman–Crippen LogP) is 0.291. The zero-order valence-electron chi connectivity index (χ0n) is 10.6. The van der Waals surface area contributed by atoms with E-state index >= 15 is 0 Å². The van der Waals surface area contributed by atoms with E-state index < -0.39 is 10.2 Å². The Kier molecular flexibility index (Phi) is 3.11. The van der Waals surface area contributed by atoms with E-state index in [9.17, 15) is 13.5 Å². The van der Waals surface area contributed by atoms with E-state index in [1.807, 2.05) is 12.3 Å². The average molecular weight is 294 g/mol. The second kappa shape index (κ2) is 4.80. The number of nitrogens with one attached hydrogen (secondary N) is 1. The van der Waals surface area contributed by atoms with E-state index in [0.29, 0.717) is 25.3 Å². The van der Waals surface area contributed by atoms with Gasteiger partial charge in [-0.3, -0.25) is 8.99 Å². The van der Waals surface area contributed by atoms with Gasteiger partial charge in [0.25, 0.3) is 0 Å². The molecule has 2 N–H and O–H groups in total. The molecule has 1 saturated heterocycles. The van der Waals surface area contributed by atoms with Crippen molar-refractivity contribution in [2.75, 3.05) is 17.4 Å². The molecule has 0 aliphatic carbocycles. The van der Waals surface area contributed by atoms with Crippen molar-refractivity contribution in [1.29, 1.82) is 0 Å². The van der Waals surface area contributed by atoms with Gasteiger partial charge in [0.15, 0.2) is 0 Å². The maximum atomic E-state index is 11.7. The molecule has 0 atom stereocenters. The molecule has 3 rings (SSSR count). The summed E-state index contributed by atoms with van der Waals surface area (Å²) >= 11 is 0. The average Bonchev–Trinajstić information content (AvgIpc) is 2.99. The normalized spacial score (nSPS) is 17.5. The Morgan fingerprint density at radius 3 is 2.85 bits per heavy atom. The lowest BCUT2D eigenvalue weighted by molar-refractivity contribution is 0.474. The Labute approximate surface area is 116 Å². The molecule has 106 valence electrons. The standard InChI is InChI=1S/C12H14N4O3S/c17-12-8-10(9-15-6-1-4-13-15)2-3-11(12)16-7-5-14-20(16,18)19/h1-4,6,8,14,17H,5,7,9H2. The molecule has 20 heavy (non-hydrogen) atoms. The minimum atomic E-state index is -3.52. The van der Waals surface area contributed by atoms with Gasteiger partial charge in [0.2, 0.25) is 0 Å². The number of rotatable bonds is 3. The Hall–Kier alpha value is -2.06. The van der Waals surface area contributed by atoms with Gasteiger partial charge in [-0.2, -0.15) is 18.2 Å². The van der Waals surface area contributed by atoms with Gasteiger partial charge in [0, 0.05) is 25.5 Å². The van der Waals surface area contributed by atoms with E-state index in [1.54, 1.807) is 29.1 Å². The third-order valence-electron chi connectivity index (χ3n) is 3.10. The van der Waals surface area contributed by atoms with Gasteiger partial charge in [0.05, 0.1) is 12.2 Å². The number of phenols is 1. The molecule has 0 radical (unpaired) electrons. The van der Waals surface area contributed by atoms with Crippen LogP contribution in [0.5, 0.6) is 5.75 Å². The van der Waals surface area contributed by atoms with Crippen LogP contribution in [-0.2, 0) is 16.8 Å². The molecule has 0 saturated carbocycles. The number of hydrogen-bond donors (Lipinski definition) is 2. The number of aromatic nitrogens is 2. The molecule has 7 nitrogen and oxygen atoms in total. The maximum Gasteiger partial charge on any atom is 0.301 e. The topological polar surface area (TPSA) is 87.5 Å². The Morgan fingerprint density at radius 2 is 2.25 bits per heavy atom. The van der Waals surface area contributed by atoms with Crippen LogP contribution in [0.1, 0.15) is 5.56 Å². The molecule has 2 heterocycles. The van der Waals surface area contributed by atoms with E-state index in [2.05, 4.69) is 9.82 Å². The molecule has 0 bridgehead atoms. The number of nitrogens with zero attached hydrogens (tertiary/aromatic N) is 3. The smallest absolute Gasteiger partial charge is 0.301 e. The summed E-state index contributed by atoms with van der Waals surface area (Å²) in [5, 5.41) is 14.1. The monoisotopic (exact) mass is 294 g/mol. The van der Waals surface area contributed by atoms with E-state index in [0.717, 1.165) is 5.56 Å². The fraction of sp³-hybridized carbons (Fsp3) is 0.250. The number of hydrogen-bond acceptors (Lipinski definition) is 4. The number of phenolic OH excluding ortho intramolecular Hbond substituents is 1. The van der Waals surface area contributed by atoms with Gasteiger partial charge in [0.1, 0.15) is 5.75 Å². The van der Waals surface area contributed by atoms with E-state index in [-0.39, 0.29) is 5.75 Å². The Morgan fingerprint density at radius 1 is 1.40 bits per heavy atom. The van der Waals surface area contributed by atoms with Gasteiger partial charge in [-0.25, -0.2) is 0 Å². The lowest BCUT2D eigenvalue weighted by atomic mass is 10.2. The second-order valence-corrected chi connectivity index (χ2v) is 6.18. The number of anilines is 1. The molecular formula is C12H14N4O3S. The molecule has 8 heteroatoms. The van der Waals surface area contributed by atoms with Crippen LogP contribution in [0.25, 0.3) is 0 Å².